The molecule has 0 radical (unpaired) electrons. The third-order valence-corrected chi connectivity index (χ3v) is 7.54. The SMILES string of the molecule is C=C1CCC(N2Cc3cc(CCC(=O)c4ccc(Cl)c(NC5CCOCC5)c4)ccc3C2=O)C(=O)N1. The maximum atomic E-state index is 13.0. The van der Waals surface area contributed by atoms with Crippen LogP contribution in [0.3, 0.4) is 0 Å². The highest BCUT2D eigenvalue weighted by Gasteiger charge is 2.38. The van der Waals surface area contributed by atoms with Crippen LogP contribution in [-0.4, -0.2) is 47.8 Å². The fraction of sp³-hybridized carbons (Fsp3) is 0.393. The molecule has 1 unspecified atom stereocenters. The number of ether oxygens (including phenoxy) is 1. The quantitative estimate of drug-likeness (QED) is 0.539. The molecular weight excluding hydrogens is 478 g/mol. The predicted molar refractivity (Wildman–Crippen MR) is 138 cm³/mol. The minimum atomic E-state index is -0.478. The lowest BCUT2D eigenvalue weighted by Crippen LogP contribution is -2.49. The molecule has 2 fully saturated rings. The second-order valence-corrected chi connectivity index (χ2v) is 10.1. The number of hydrogen-bond acceptors (Lipinski definition) is 5. The van der Waals surface area contributed by atoms with E-state index in [1.807, 2.05) is 24.3 Å². The Morgan fingerprint density at radius 2 is 1.94 bits per heavy atom. The number of rotatable bonds is 7. The summed E-state index contributed by atoms with van der Waals surface area (Å²) in [5, 5.41) is 6.81. The Hall–Kier alpha value is -3.16. The molecule has 3 aliphatic heterocycles. The Morgan fingerprint density at radius 3 is 2.72 bits per heavy atom. The van der Waals surface area contributed by atoms with Gasteiger partial charge in [0, 0.05) is 49.0 Å². The lowest BCUT2D eigenvalue weighted by atomic mass is 9.99. The van der Waals surface area contributed by atoms with Crippen LogP contribution in [0.5, 0.6) is 0 Å². The summed E-state index contributed by atoms with van der Waals surface area (Å²) in [6.45, 7) is 5.66. The van der Waals surface area contributed by atoms with Gasteiger partial charge in [-0.25, -0.2) is 0 Å². The van der Waals surface area contributed by atoms with Gasteiger partial charge in [0.2, 0.25) is 5.91 Å². The Bertz CT molecular complexity index is 1220. The average Bonchev–Trinajstić information content (AvgIpc) is 3.20. The number of carbonyl (C=O) groups excluding carboxylic acids is 3. The number of carbonyl (C=O) groups is 3. The summed E-state index contributed by atoms with van der Waals surface area (Å²) in [6.07, 6.45) is 3.98. The lowest BCUT2D eigenvalue weighted by molar-refractivity contribution is -0.126. The van der Waals surface area contributed by atoms with Gasteiger partial charge in [-0.2, -0.15) is 0 Å². The number of halogens is 1. The largest absolute Gasteiger partial charge is 0.381 e. The number of amides is 2. The number of benzene rings is 2. The van der Waals surface area contributed by atoms with Crippen molar-refractivity contribution in [1.82, 2.24) is 10.2 Å². The minimum Gasteiger partial charge on any atom is -0.381 e. The zero-order valence-corrected chi connectivity index (χ0v) is 20.9. The fourth-order valence-electron chi connectivity index (χ4n) is 5.14. The van der Waals surface area contributed by atoms with E-state index in [2.05, 4.69) is 17.2 Å². The van der Waals surface area contributed by atoms with Crippen LogP contribution in [0.25, 0.3) is 0 Å². The highest BCUT2D eigenvalue weighted by atomic mass is 35.5. The maximum absolute atomic E-state index is 13.0. The molecule has 0 bridgehead atoms. The number of anilines is 1. The number of Topliss-reactive ketones (excluding diaryl/α,β-unsaturated/α-hetero) is 1. The van der Waals surface area contributed by atoms with E-state index in [4.69, 9.17) is 16.3 Å². The van der Waals surface area contributed by atoms with Gasteiger partial charge < -0.3 is 20.3 Å². The summed E-state index contributed by atoms with van der Waals surface area (Å²) in [5.41, 5.74) is 4.62. The highest BCUT2D eigenvalue weighted by Crippen LogP contribution is 2.30. The number of nitrogens with one attached hydrogen (secondary N) is 2. The monoisotopic (exact) mass is 507 g/mol. The first-order valence-corrected chi connectivity index (χ1v) is 12.9. The van der Waals surface area contributed by atoms with Crippen molar-refractivity contribution in [2.45, 2.75) is 57.2 Å². The number of allylic oxidation sites excluding steroid dienone is 1. The van der Waals surface area contributed by atoms with Crippen molar-refractivity contribution in [3.63, 3.8) is 0 Å². The number of fused-ring (bicyclic) bond motifs is 1. The standard InChI is InChI=1S/C28H30ClN3O4/c1-17-2-8-25(27(34)30-17)32-16-20-14-18(3-6-22(20)28(32)35)4-9-26(33)19-5-7-23(29)24(15-19)31-21-10-12-36-13-11-21/h3,5-7,14-15,21,25,31H,1-2,4,8-13,16H2,(H,30,34). The van der Waals surface area contributed by atoms with E-state index in [1.165, 1.54) is 0 Å². The zero-order valence-electron chi connectivity index (χ0n) is 20.1. The Morgan fingerprint density at radius 1 is 1.14 bits per heavy atom. The molecule has 2 aromatic carbocycles. The van der Waals surface area contributed by atoms with Crippen LogP contribution in [0.15, 0.2) is 48.7 Å². The van der Waals surface area contributed by atoms with Crippen LogP contribution >= 0.6 is 11.6 Å². The topological polar surface area (TPSA) is 87.7 Å². The van der Waals surface area contributed by atoms with Crippen molar-refractivity contribution >= 4 is 34.9 Å². The molecule has 2 saturated heterocycles. The van der Waals surface area contributed by atoms with Gasteiger partial charge in [0.25, 0.3) is 5.91 Å². The molecule has 0 aromatic heterocycles. The molecule has 188 valence electrons. The highest BCUT2D eigenvalue weighted by molar-refractivity contribution is 6.33. The molecule has 0 aliphatic carbocycles. The number of aryl methyl sites for hydroxylation is 1. The number of hydrogen-bond donors (Lipinski definition) is 2. The lowest BCUT2D eigenvalue weighted by Gasteiger charge is -2.30. The molecule has 36 heavy (non-hydrogen) atoms. The summed E-state index contributed by atoms with van der Waals surface area (Å²) in [5.74, 6) is -0.253. The van der Waals surface area contributed by atoms with E-state index in [0.29, 0.717) is 54.1 Å². The van der Waals surface area contributed by atoms with Gasteiger partial charge in [-0.05, 0) is 67.5 Å². The van der Waals surface area contributed by atoms with Crippen molar-refractivity contribution in [3.8, 4) is 0 Å². The van der Waals surface area contributed by atoms with Crippen LogP contribution < -0.4 is 10.6 Å². The van der Waals surface area contributed by atoms with Crippen LogP contribution in [0, 0.1) is 0 Å². The average molecular weight is 508 g/mol. The van der Waals surface area contributed by atoms with Gasteiger partial charge in [-0.3, -0.25) is 14.4 Å². The first kappa shape index (κ1) is 24.5. The maximum Gasteiger partial charge on any atom is 0.255 e. The smallest absolute Gasteiger partial charge is 0.255 e. The Balaban J connectivity index is 1.22. The first-order valence-electron chi connectivity index (χ1n) is 12.5. The second kappa shape index (κ2) is 10.4. The molecule has 7 nitrogen and oxygen atoms in total. The molecule has 3 aliphatic rings. The third-order valence-electron chi connectivity index (χ3n) is 7.21. The molecular formula is C28H30ClN3O4. The normalized spacial score (nSPS) is 20.3. The van der Waals surface area contributed by atoms with E-state index < -0.39 is 6.04 Å². The second-order valence-electron chi connectivity index (χ2n) is 9.72. The van der Waals surface area contributed by atoms with Crippen molar-refractivity contribution in [3.05, 3.63) is 76.0 Å². The van der Waals surface area contributed by atoms with Crippen molar-refractivity contribution in [2.75, 3.05) is 18.5 Å². The van der Waals surface area contributed by atoms with Gasteiger partial charge in [0.15, 0.2) is 5.78 Å². The zero-order chi connectivity index (χ0) is 25.2. The molecule has 2 amide bonds. The summed E-state index contributed by atoms with van der Waals surface area (Å²) < 4.78 is 5.41. The molecule has 3 heterocycles. The van der Waals surface area contributed by atoms with Crippen molar-refractivity contribution in [2.24, 2.45) is 0 Å². The van der Waals surface area contributed by atoms with Crippen molar-refractivity contribution in [1.29, 1.82) is 0 Å². The number of nitrogens with zero attached hydrogens (tertiary/aromatic N) is 1. The molecule has 1 atom stereocenters. The van der Waals surface area contributed by atoms with Crippen LogP contribution in [0.1, 0.15) is 63.9 Å². The Labute approximate surface area is 215 Å². The van der Waals surface area contributed by atoms with Gasteiger partial charge in [-0.1, -0.05) is 30.3 Å². The van der Waals surface area contributed by atoms with Gasteiger partial charge in [0.05, 0.1) is 10.7 Å². The van der Waals surface area contributed by atoms with E-state index in [9.17, 15) is 14.4 Å². The van der Waals surface area contributed by atoms with E-state index in [1.54, 1.807) is 17.0 Å². The molecule has 5 rings (SSSR count). The van der Waals surface area contributed by atoms with Crippen LogP contribution in [0.4, 0.5) is 5.69 Å². The van der Waals surface area contributed by atoms with E-state index >= 15 is 0 Å². The van der Waals surface area contributed by atoms with Crippen molar-refractivity contribution < 1.29 is 19.1 Å². The minimum absolute atomic E-state index is 0.0407. The summed E-state index contributed by atoms with van der Waals surface area (Å²) >= 11 is 6.38. The third kappa shape index (κ3) is 5.18. The van der Waals surface area contributed by atoms with E-state index in [0.717, 1.165) is 42.9 Å². The van der Waals surface area contributed by atoms with E-state index in [-0.39, 0.29) is 23.6 Å². The number of ketones is 1. The van der Waals surface area contributed by atoms with Crippen LogP contribution in [0.2, 0.25) is 5.02 Å². The summed E-state index contributed by atoms with van der Waals surface area (Å²) in [6, 6.07) is 10.9. The van der Waals surface area contributed by atoms with Gasteiger partial charge >= 0.3 is 0 Å². The molecule has 2 aromatic rings. The fourth-order valence-corrected chi connectivity index (χ4v) is 5.31. The van der Waals surface area contributed by atoms with Crippen LogP contribution in [-0.2, 0) is 22.5 Å². The molecule has 2 N–H and O–H groups in total. The first-order chi connectivity index (χ1) is 17.4. The predicted octanol–water partition coefficient (Wildman–Crippen LogP) is 4.49. The molecule has 0 spiro atoms. The van der Waals surface area contributed by atoms with Gasteiger partial charge in [-0.15, -0.1) is 0 Å². The Kier molecular flexibility index (Phi) is 7.12. The summed E-state index contributed by atoms with van der Waals surface area (Å²) in [7, 11) is 0. The molecule has 0 saturated carbocycles. The number of piperidine rings is 1. The summed E-state index contributed by atoms with van der Waals surface area (Å²) in [4.78, 5) is 40.0. The molecule has 8 heteroatoms. The van der Waals surface area contributed by atoms with Gasteiger partial charge in [0.1, 0.15) is 6.04 Å².